The van der Waals surface area contributed by atoms with Crippen LogP contribution in [0.5, 0.6) is 0 Å². The number of methoxy groups -OCH3 is 1. The fraction of sp³-hybridized carbons (Fsp3) is 0.842. The van der Waals surface area contributed by atoms with Gasteiger partial charge in [0.2, 0.25) is 0 Å². The summed E-state index contributed by atoms with van der Waals surface area (Å²) in [5.74, 6) is -0.176. The third kappa shape index (κ3) is 12.5. The summed E-state index contributed by atoms with van der Waals surface area (Å²) >= 11 is 0. The summed E-state index contributed by atoms with van der Waals surface area (Å²) in [7, 11) is 1.39. The average Bonchev–Trinajstić information content (AvgIpc) is 2.59. The lowest BCUT2D eigenvalue weighted by Crippen LogP contribution is -2.36. The van der Waals surface area contributed by atoms with Crippen LogP contribution in [0.3, 0.4) is 0 Å². The standard InChI is InChI=1S/C19H36O5/c1-3-4-5-7-10-13-16(20)19(23)17(21)14-11-8-6-9-12-15-18(22)24-2/h10,13,16-17,19-21,23H,3-9,11-12,14-15H2,1-2H3. The van der Waals surface area contributed by atoms with E-state index in [4.69, 9.17) is 0 Å². The van der Waals surface area contributed by atoms with E-state index in [9.17, 15) is 20.1 Å². The van der Waals surface area contributed by atoms with E-state index in [2.05, 4.69) is 11.7 Å². The molecule has 0 aromatic rings. The number of ether oxygens (including phenoxy) is 1. The van der Waals surface area contributed by atoms with Gasteiger partial charge in [0.25, 0.3) is 0 Å². The van der Waals surface area contributed by atoms with E-state index >= 15 is 0 Å². The molecule has 0 amide bonds. The molecule has 0 aromatic heterocycles. The predicted octanol–water partition coefficient (Wildman–Crippen LogP) is 3.11. The zero-order valence-electron chi connectivity index (χ0n) is 15.3. The number of esters is 1. The van der Waals surface area contributed by atoms with Crippen molar-refractivity contribution >= 4 is 5.97 Å². The van der Waals surface area contributed by atoms with Crippen LogP contribution in [-0.4, -0.2) is 46.7 Å². The minimum atomic E-state index is -1.13. The molecule has 0 saturated heterocycles. The molecular weight excluding hydrogens is 308 g/mol. The van der Waals surface area contributed by atoms with Crippen LogP contribution in [0.15, 0.2) is 12.2 Å². The molecule has 3 unspecified atom stereocenters. The molecule has 0 aliphatic carbocycles. The third-order valence-electron chi connectivity index (χ3n) is 4.16. The molecule has 3 atom stereocenters. The summed E-state index contributed by atoms with van der Waals surface area (Å²) in [6.07, 6.45) is 10.1. The van der Waals surface area contributed by atoms with Gasteiger partial charge in [0.1, 0.15) is 12.2 Å². The Morgan fingerprint density at radius 1 is 1.00 bits per heavy atom. The molecule has 0 bridgehead atoms. The Morgan fingerprint density at radius 3 is 2.33 bits per heavy atom. The molecule has 3 N–H and O–H groups in total. The maximum Gasteiger partial charge on any atom is 0.305 e. The van der Waals surface area contributed by atoms with Crippen molar-refractivity contribution in [2.24, 2.45) is 0 Å². The molecule has 142 valence electrons. The normalized spacial score (nSPS) is 15.4. The summed E-state index contributed by atoms with van der Waals surface area (Å²) < 4.78 is 4.58. The molecule has 0 radical (unpaired) electrons. The molecule has 5 nitrogen and oxygen atoms in total. The van der Waals surface area contributed by atoms with Crippen molar-refractivity contribution < 1.29 is 24.9 Å². The average molecular weight is 344 g/mol. The fourth-order valence-electron chi connectivity index (χ4n) is 2.52. The number of hydrogen-bond donors (Lipinski definition) is 3. The lowest BCUT2D eigenvalue weighted by Gasteiger charge is -2.20. The molecule has 0 rings (SSSR count). The number of rotatable bonds is 15. The first kappa shape index (κ1) is 23.1. The van der Waals surface area contributed by atoms with Gasteiger partial charge in [-0.05, 0) is 25.7 Å². The molecule has 0 aliphatic heterocycles. The van der Waals surface area contributed by atoms with E-state index in [-0.39, 0.29) is 5.97 Å². The second-order valence-corrected chi connectivity index (χ2v) is 6.36. The Kier molecular flexibility index (Phi) is 15.0. The van der Waals surface area contributed by atoms with Crippen molar-refractivity contribution in [1.82, 2.24) is 0 Å². The minimum Gasteiger partial charge on any atom is -0.469 e. The quantitative estimate of drug-likeness (QED) is 0.241. The van der Waals surface area contributed by atoms with Crippen molar-refractivity contribution in [2.75, 3.05) is 7.11 Å². The van der Waals surface area contributed by atoms with Crippen LogP contribution in [-0.2, 0) is 9.53 Å². The van der Waals surface area contributed by atoms with Gasteiger partial charge in [-0.1, -0.05) is 57.6 Å². The molecule has 0 fully saturated rings. The number of aliphatic hydroxyl groups is 3. The Labute approximate surface area is 146 Å². The smallest absolute Gasteiger partial charge is 0.305 e. The van der Waals surface area contributed by atoms with Crippen LogP contribution >= 0.6 is 0 Å². The van der Waals surface area contributed by atoms with Gasteiger partial charge in [-0.2, -0.15) is 0 Å². The van der Waals surface area contributed by atoms with Gasteiger partial charge in [0.05, 0.1) is 13.2 Å². The van der Waals surface area contributed by atoms with Gasteiger partial charge >= 0.3 is 5.97 Å². The van der Waals surface area contributed by atoms with Gasteiger partial charge in [0.15, 0.2) is 0 Å². The molecule has 0 spiro atoms. The Bertz CT molecular complexity index is 330. The van der Waals surface area contributed by atoms with E-state index in [0.717, 1.165) is 57.8 Å². The third-order valence-corrected chi connectivity index (χ3v) is 4.16. The van der Waals surface area contributed by atoms with E-state index < -0.39 is 18.3 Å². The Hall–Kier alpha value is -0.910. The topological polar surface area (TPSA) is 87.0 Å². The van der Waals surface area contributed by atoms with Crippen LogP contribution in [0.4, 0.5) is 0 Å². The molecular formula is C19H36O5. The molecule has 0 heterocycles. The molecule has 0 aliphatic rings. The first-order chi connectivity index (χ1) is 11.5. The van der Waals surface area contributed by atoms with Crippen LogP contribution in [0, 0.1) is 0 Å². The number of aliphatic hydroxyl groups excluding tert-OH is 3. The summed E-state index contributed by atoms with van der Waals surface area (Å²) in [6.45, 7) is 2.14. The Morgan fingerprint density at radius 2 is 1.67 bits per heavy atom. The summed E-state index contributed by atoms with van der Waals surface area (Å²) in [5, 5.41) is 29.7. The molecule has 0 aromatic carbocycles. The van der Waals surface area contributed by atoms with Crippen LogP contribution < -0.4 is 0 Å². The van der Waals surface area contributed by atoms with Crippen molar-refractivity contribution in [3.63, 3.8) is 0 Å². The van der Waals surface area contributed by atoms with Gasteiger partial charge in [0, 0.05) is 6.42 Å². The van der Waals surface area contributed by atoms with Crippen LogP contribution in [0.25, 0.3) is 0 Å². The van der Waals surface area contributed by atoms with E-state index in [0.29, 0.717) is 12.8 Å². The maximum absolute atomic E-state index is 10.9. The molecule has 24 heavy (non-hydrogen) atoms. The largest absolute Gasteiger partial charge is 0.469 e. The van der Waals surface area contributed by atoms with Crippen molar-refractivity contribution in [2.45, 2.75) is 95.9 Å². The molecule has 0 saturated carbocycles. The van der Waals surface area contributed by atoms with Crippen LogP contribution in [0.2, 0.25) is 0 Å². The SMILES string of the molecule is CCCCCC=CC(O)C(O)C(O)CCCCCCCC(=O)OC. The Balaban J connectivity index is 3.70. The number of carbonyl (C=O) groups is 1. The summed E-state index contributed by atoms with van der Waals surface area (Å²) in [6, 6.07) is 0. The summed E-state index contributed by atoms with van der Waals surface area (Å²) in [4.78, 5) is 10.9. The number of hydrogen-bond acceptors (Lipinski definition) is 5. The molecule has 5 heteroatoms. The van der Waals surface area contributed by atoms with Crippen LogP contribution in [0.1, 0.15) is 77.6 Å². The lowest BCUT2D eigenvalue weighted by atomic mass is 10.0. The van der Waals surface area contributed by atoms with E-state index in [1.807, 2.05) is 6.08 Å². The highest BCUT2D eigenvalue weighted by Gasteiger charge is 2.21. The predicted molar refractivity (Wildman–Crippen MR) is 95.6 cm³/mol. The van der Waals surface area contributed by atoms with Crippen molar-refractivity contribution in [3.8, 4) is 0 Å². The second-order valence-electron chi connectivity index (χ2n) is 6.36. The van der Waals surface area contributed by atoms with Crippen molar-refractivity contribution in [3.05, 3.63) is 12.2 Å². The maximum atomic E-state index is 10.9. The van der Waals surface area contributed by atoms with Gasteiger partial charge in [-0.25, -0.2) is 0 Å². The second kappa shape index (κ2) is 15.6. The van der Waals surface area contributed by atoms with E-state index in [1.54, 1.807) is 6.08 Å². The zero-order valence-corrected chi connectivity index (χ0v) is 15.3. The summed E-state index contributed by atoms with van der Waals surface area (Å²) in [5.41, 5.74) is 0. The highest BCUT2D eigenvalue weighted by molar-refractivity contribution is 5.68. The van der Waals surface area contributed by atoms with Gasteiger partial charge in [-0.15, -0.1) is 0 Å². The first-order valence-electron chi connectivity index (χ1n) is 9.30. The number of carbonyl (C=O) groups excluding carboxylic acids is 1. The van der Waals surface area contributed by atoms with Gasteiger partial charge < -0.3 is 20.1 Å². The number of allylic oxidation sites excluding steroid dienone is 1. The first-order valence-corrected chi connectivity index (χ1v) is 9.30. The monoisotopic (exact) mass is 344 g/mol. The number of unbranched alkanes of at least 4 members (excludes halogenated alkanes) is 7. The lowest BCUT2D eigenvalue weighted by molar-refractivity contribution is -0.140. The van der Waals surface area contributed by atoms with E-state index in [1.165, 1.54) is 7.11 Å². The highest BCUT2D eigenvalue weighted by Crippen LogP contribution is 2.13. The zero-order chi connectivity index (χ0) is 18.2. The van der Waals surface area contributed by atoms with Gasteiger partial charge in [-0.3, -0.25) is 4.79 Å². The fourth-order valence-corrected chi connectivity index (χ4v) is 2.52. The highest BCUT2D eigenvalue weighted by atomic mass is 16.5. The minimum absolute atomic E-state index is 0.176. The van der Waals surface area contributed by atoms with Crippen molar-refractivity contribution in [1.29, 1.82) is 0 Å².